The molecule has 9 heteroatoms. The van der Waals surface area contributed by atoms with E-state index in [1.54, 1.807) is 18.2 Å². The molecule has 0 aliphatic heterocycles. The van der Waals surface area contributed by atoms with E-state index in [1.807, 2.05) is 27.7 Å². The van der Waals surface area contributed by atoms with Crippen LogP contribution in [0.5, 0.6) is 11.5 Å². The van der Waals surface area contributed by atoms with Gasteiger partial charge in [-0.05, 0) is 30.0 Å². The molecule has 2 aromatic rings. The van der Waals surface area contributed by atoms with Gasteiger partial charge in [0.1, 0.15) is 17.3 Å². The number of hydrogen-bond acceptors (Lipinski definition) is 6. The maximum absolute atomic E-state index is 13.5. The smallest absolute Gasteiger partial charge is 0.330 e. The molecule has 9 nitrogen and oxygen atoms in total. The molecule has 2 rings (SSSR count). The summed E-state index contributed by atoms with van der Waals surface area (Å²) in [7, 11) is 2.95. The Hall–Kier alpha value is -3.23. The van der Waals surface area contributed by atoms with E-state index in [-0.39, 0.29) is 35.4 Å². The topological polar surface area (TPSA) is 120 Å². The Kier molecular flexibility index (Phi) is 7.31. The second kappa shape index (κ2) is 9.51. The predicted octanol–water partition coefficient (Wildman–Crippen LogP) is 2.09. The first-order valence-electron chi connectivity index (χ1n) is 9.77. The van der Waals surface area contributed by atoms with Crippen LogP contribution < -0.4 is 31.4 Å². The zero-order valence-electron chi connectivity index (χ0n) is 18.3. The molecule has 0 saturated heterocycles. The number of nitrogens with zero attached hydrogens (tertiary/aromatic N) is 2. The van der Waals surface area contributed by atoms with E-state index in [4.69, 9.17) is 15.2 Å². The van der Waals surface area contributed by atoms with Gasteiger partial charge >= 0.3 is 5.69 Å². The number of carbonyl (C=O) groups is 1. The van der Waals surface area contributed by atoms with E-state index in [9.17, 15) is 14.4 Å². The fourth-order valence-electron chi connectivity index (χ4n) is 3.15. The van der Waals surface area contributed by atoms with Crippen molar-refractivity contribution in [2.45, 2.75) is 34.2 Å². The summed E-state index contributed by atoms with van der Waals surface area (Å²) in [5, 5.41) is 0. The minimum absolute atomic E-state index is 0.0230. The first-order valence-corrected chi connectivity index (χ1v) is 9.77. The van der Waals surface area contributed by atoms with Gasteiger partial charge in [-0.15, -0.1) is 0 Å². The Labute approximate surface area is 175 Å². The largest absolute Gasteiger partial charge is 0.497 e. The van der Waals surface area contributed by atoms with E-state index in [2.05, 4.69) is 4.98 Å². The van der Waals surface area contributed by atoms with Crippen LogP contribution in [-0.2, 0) is 6.54 Å². The van der Waals surface area contributed by atoms with Gasteiger partial charge < -0.3 is 20.1 Å². The molecular weight excluding hydrogens is 388 g/mol. The van der Waals surface area contributed by atoms with E-state index in [0.717, 1.165) is 0 Å². The van der Waals surface area contributed by atoms with Crippen LogP contribution in [0.15, 0.2) is 27.8 Å². The van der Waals surface area contributed by atoms with Crippen LogP contribution in [0.3, 0.4) is 0 Å². The standard InChI is InChI=1S/C21H30N4O5/c1-12(2)10-24(20(27)15-9-14(29-5)7-8-16(15)30-6)17-18(22)25(11-13(3)4)21(28)23-19(17)26/h7-9,12-13H,10-11,22H2,1-6H3,(H,23,26,28). The van der Waals surface area contributed by atoms with Crippen LogP contribution in [0.4, 0.5) is 11.5 Å². The van der Waals surface area contributed by atoms with E-state index < -0.39 is 17.2 Å². The molecule has 0 aliphatic carbocycles. The van der Waals surface area contributed by atoms with Crippen LogP contribution >= 0.6 is 0 Å². The minimum atomic E-state index is -0.714. The van der Waals surface area contributed by atoms with Crippen molar-refractivity contribution in [2.24, 2.45) is 11.8 Å². The van der Waals surface area contributed by atoms with Crippen molar-refractivity contribution in [1.29, 1.82) is 0 Å². The third-order valence-electron chi connectivity index (χ3n) is 4.46. The Balaban J connectivity index is 2.72. The summed E-state index contributed by atoms with van der Waals surface area (Å²) in [4.78, 5) is 42.2. The van der Waals surface area contributed by atoms with Crippen molar-refractivity contribution in [3.63, 3.8) is 0 Å². The second-order valence-corrected chi connectivity index (χ2v) is 7.87. The maximum atomic E-state index is 13.5. The number of rotatable bonds is 8. The molecule has 0 saturated carbocycles. The number of ether oxygens (including phenoxy) is 2. The number of aromatic nitrogens is 2. The van der Waals surface area contributed by atoms with Crippen LogP contribution in [0, 0.1) is 11.8 Å². The molecule has 0 bridgehead atoms. The Morgan fingerprint density at radius 1 is 1.13 bits per heavy atom. The highest BCUT2D eigenvalue weighted by Crippen LogP contribution is 2.28. The van der Waals surface area contributed by atoms with Crippen molar-refractivity contribution >= 4 is 17.4 Å². The number of H-pyrrole nitrogens is 1. The molecule has 0 radical (unpaired) electrons. The monoisotopic (exact) mass is 418 g/mol. The summed E-state index contributed by atoms with van der Waals surface area (Å²) >= 11 is 0. The lowest BCUT2D eigenvalue weighted by Crippen LogP contribution is -2.43. The highest BCUT2D eigenvalue weighted by atomic mass is 16.5. The molecule has 0 spiro atoms. The molecule has 0 atom stereocenters. The number of carbonyl (C=O) groups excluding carboxylic acids is 1. The Morgan fingerprint density at radius 2 is 1.80 bits per heavy atom. The van der Waals surface area contributed by atoms with Crippen LogP contribution in [0.1, 0.15) is 38.1 Å². The zero-order valence-corrected chi connectivity index (χ0v) is 18.3. The van der Waals surface area contributed by atoms with Gasteiger partial charge in [0.05, 0.1) is 19.8 Å². The number of benzene rings is 1. The molecular formula is C21H30N4O5. The molecule has 0 unspecified atom stereocenters. The van der Waals surface area contributed by atoms with Crippen LogP contribution in [0.25, 0.3) is 0 Å². The fourth-order valence-corrected chi connectivity index (χ4v) is 3.15. The molecule has 0 fully saturated rings. The number of amides is 1. The van der Waals surface area contributed by atoms with Gasteiger partial charge in [0.2, 0.25) is 0 Å². The quantitative estimate of drug-likeness (QED) is 0.677. The van der Waals surface area contributed by atoms with Crippen molar-refractivity contribution in [2.75, 3.05) is 31.4 Å². The lowest BCUT2D eigenvalue weighted by Gasteiger charge is -2.27. The number of anilines is 2. The second-order valence-electron chi connectivity index (χ2n) is 7.87. The van der Waals surface area contributed by atoms with Gasteiger partial charge in [0.25, 0.3) is 11.5 Å². The molecule has 30 heavy (non-hydrogen) atoms. The third-order valence-corrected chi connectivity index (χ3v) is 4.46. The lowest BCUT2D eigenvalue weighted by atomic mass is 10.1. The normalized spacial score (nSPS) is 11.1. The van der Waals surface area contributed by atoms with Crippen molar-refractivity contribution in [3.05, 3.63) is 44.6 Å². The Bertz CT molecular complexity index is 1020. The molecule has 1 amide bonds. The number of nitrogen functional groups attached to an aromatic ring is 1. The van der Waals surface area contributed by atoms with E-state index >= 15 is 0 Å². The molecule has 3 N–H and O–H groups in total. The third kappa shape index (κ3) is 4.84. The van der Waals surface area contributed by atoms with Gasteiger partial charge in [0, 0.05) is 13.1 Å². The van der Waals surface area contributed by atoms with Gasteiger partial charge in [-0.2, -0.15) is 0 Å². The first-order chi connectivity index (χ1) is 14.1. The molecule has 1 aromatic carbocycles. The molecule has 1 aromatic heterocycles. The lowest BCUT2D eigenvalue weighted by molar-refractivity contribution is 0.0980. The highest BCUT2D eigenvalue weighted by molar-refractivity contribution is 6.09. The molecule has 164 valence electrons. The summed E-state index contributed by atoms with van der Waals surface area (Å²) in [5.74, 6) is 0.404. The SMILES string of the molecule is COc1ccc(OC)c(C(=O)N(CC(C)C)c2c(N)n(CC(C)C)c(=O)[nH]c2=O)c1. The summed E-state index contributed by atoms with van der Waals surface area (Å²) in [6.45, 7) is 8.20. The average Bonchev–Trinajstić information content (AvgIpc) is 2.68. The Morgan fingerprint density at radius 3 is 2.33 bits per heavy atom. The summed E-state index contributed by atoms with van der Waals surface area (Å²) in [5.41, 5.74) is 5.09. The summed E-state index contributed by atoms with van der Waals surface area (Å²) in [6, 6.07) is 4.84. The summed E-state index contributed by atoms with van der Waals surface area (Å²) < 4.78 is 11.9. The first kappa shape index (κ1) is 23.1. The van der Waals surface area contributed by atoms with Gasteiger partial charge in [0.15, 0.2) is 5.69 Å². The number of aromatic amines is 1. The zero-order chi connectivity index (χ0) is 22.6. The van der Waals surface area contributed by atoms with E-state index in [0.29, 0.717) is 18.0 Å². The van der Waals surface area contributed by atoms with Gasteiger partial charge in [-0.3, -0.25) is 19.1 Å². The fraction of sp³-hybridized carbons (Fsp3) is 0.476. The summed E-state index contributed by atoms with van der Waals surface area (Å²) in [6.07, 6.45) is 0. The predicted molar refractivity (Wildman–Crippen MR) is 117 cm³/mol. The van der Waals surface area contributed by atoms with E-state index in [1.165, 1.54) is 23.7 Å². The van der Waals surface area contributed by atoms with Gasteiger partial charge in [-0.25, -0.2) is 4.79 Å². The molecule has 0 aliphatic rings. The van der Waals surface area contributed by atoms with Crippen molar-refractivity contribution < 1.29 is 14.3 Å². The number of methoxy groups -OCH3 is 2. The van der Waals surface area contributed by atoms with Gasteiger partial charge in [-0.1, -0.05) is 27.7 Å². The highest BCUT2D eigenvalue weighted by Gasteiger charge is 2.28. The van der Waals surface area contributed by atoms with Crippen molar-refractivity contribution in [3.8, 4) is 11.5 Å². The van der Waals surface area contributed by atoms with Crippen LogP contribution in [0.2, 0.25) is 0 Å². The minimum Gasteiger partial charge on any atom is -0.497 e. The maximum Gasteiger partial charge on any atom is 0.330 e. The molecule has 1 heterocycles. The number of nitrogens with two attached hydrogens (primary N) is 1. The van der Waals surface area contributed by atoms with Crippen LogP contribution in [-0.4, -0.2) is 36.2 Å². The number of hydrogen-bond donors (Lipinski definition) is 2. The van der Waals surface area contributed by atoms with Crippen molar-refractivity contribution in [1.82, 2.24) is 9.55 Å². The average molecular weight is 418 g/mol. The number of nitrogens with one attached hydrogen (secondary N) is 1.